The highest BCUT2D eigenvalue weighted by Gasteiger charge is 2.26. The van der Waals surface area contributed by atoms with E-state index in [-0.39, 0.29) is 11.8 Å². The van der Waals surface area contributed by atoms with Crippen molar-refractivity contribution in [1.29, 1.82) is 0 Å². The van der Waals surface area contributed by atoms with Crippen molar-refractivity contribution in [3.8, 4) is 17.0 Å². The molecule has 3 rings (SSSR count). The lowest BCUT2D eigenvalue weighted by atomic mass is 9.90. The minimum Gasteiger partial charge on any atom is -0.508 e. The van der Waals surface area contributed by atoms with Gasteiger partial charge in [0.15, 0.2) is 0 Å². The molecule has 1 aliphatic carbocycles. The smallest absolute Gasteiger partial charge is 0.142 e. The van der Waals surface area contributed by atoms with Gasteiger partial charge in [0, 0.05) is 23.6 Å². The van der Waals surface area contributed by atoms with Crippen LogP contribution in [0.15, 0.2) is 28.8 Å². The highest BCUT2D eigenvalue weighted by molar-refractivity contribution is 5.65. The van der Waals surface area contributed by atoms with Gasteiger partial charge in [0.2, 0.25) is 0 Å². The molecular formula is C13H14N2O2. The van der Waals surface area contributed by atoms with E-state index in [1.54, 1.807) is 12.1 Å². The first kappa shape index (κ1) is 10.4. The van der Waals surface area contributed by atoms with Gasteiger partial charge in [0.1, 0.15) is 17.2 Å². The number of nitrogens with two attached hydrogens (primary N) is 1. The normalized spacial score (nSPS) is 19.0. The maximum absolute atomic E-state index is 9.28. The second kappa shape index (κ2) is 3.89. The molecule has 88 valence electrons. The van der Waals surface area contributed by atoms with Gasteiger partial charge in [-0.3, -0.25) is 0 Å². The predicted molar refractivity (Wildman–Crippen MR) is 63.5 cm³/mol. The Bertz CT molecular complexity index is 531. The molecule has 0 amide bonds. The number of aryl methyl sites for hydroxylation is 1. The molecule has 4 heteroatoms. The van der Waals surface area contributed by atoms with E-state index >= 15 is 0 Å². The second-order valence-corrected chi connectivity index (χ2v) is 4.41. The maximum atomic E-state index is 9.28. The molecule has 0 bridgehead atoms. The van der Waals surface area contributed by atoms with E-state index in [9.17, 15) is 5.11 Å². The van der Waals surface area contributed by atoms with E-state index in [1.807, 2.05) is 12.1 Å². The molecule has 1 aromatic carbocycles. The first-order chi connectivity index (χ1) is 8.25. The van der Waals surface area contributed by atoms with Crippen molar-refractivity contribution in [2.45, 2.75) is 25.3 Å². The fourth-order valence-corrected chi connectivity index (χ4v) is 2.35. The number of aromatic nitrogens is 1. The number of rotatable bonds is 1. The van der Waals surface area contributed by atoms with Crippen LogP contribution in [-0.4, -0.2) is 10.3 Å². The number of phenolic OH excluding ortho intramolecular Hbond substituents is 1. The fourth-order valence-electron chi connectivity index (χ4n) is 2.35. The molecule has 2 aromatic rings. The van der Waals surface area contributed by atoms with E-state index in [2.05, 4.69) is 5.16 Å². The second-order valence-electron chi connectivity index (χ2n) is 4.41. The van der Waals surface area contributed by atoms with Gasteiger partial charge in [-0.25, -0.2) is 0 Å². The lowest BCUT2D eigenvalue weighted by molar-refractivity contribution is 0.366. The highest BCUT2D eigenvalue weighted by Crippen LogP contribution is 2.36. The van der Waals surface area contributed by atoms with Gasteiger partial charge in [-0.1, -0.05) is 5.16 Å². The summed E-state index contributed by atoms with van der Waals surface area (Å²) in [5.41, 5.74) is 8.89. The van der Waals surface area contributed by atoms with Crippen molar-refractivity contribution in [3.05, 3.63) is 35.6 Å². The van der Waals surface area contributed by atoms with Crippen LogP contribution in [0.5, 0.6) is 5.75 Å². The summed E-state index contributed by atoms with van der Waals surface area (Å²) in [6.07, 6.45) is 2.94. The summed E-state index contributed by atoms with van der Waals surface area (Å²) in [6, 6.07) is 6.95. The quantitative estimate of drug-likeness (QED) is 0.789. The van der Waals surface area contributed by atoms with Crippen LogP contribution < -0.4 is 5.73 Å². The molecule has 0 radical (unpaired) electrons. The van der Waals surface area contributed by atoms with Gasteiger partial charge in [0.25, 0.3) is 0 Å². The fraction of sp³-hybridized carbons (Fsp3) is 0.308. The SMILES string of the molecule is NC1CCCc2onc(-c3ccc(O)cc3)c21. The molecular weight excluding hydrogens is 216 g/mol. The zero-order chi connectivity index (χ0) is 11.8. The van der Waals surface area contributed by atoms with Crippen molar-refractivity contribution in [2.75, 3.05) is 0 Å². The van der Waals surface area contributed by atoms with E-state index in [1.165, 1.54) is 0 Å². The average molecular weight is 230 g/mol. The molecule has 1 aliphatic rings. The van der Waals surface area contributed by atoms with Crippen LogP contribution in [0.4, 0.5) is 0 Å². The van der Waals surface area contributed by atoms with Gasteiger partial charge in [-0.15, -0.1) is 0 Å². The largest absolute Gasteiger partial charge is 0.508 e. The number of phenols is 1. The minimum atomic E-state index is 0.00815. The van der Waals surface area contributed by atoms with Gasteiger partial charge in [-0.2, -0.15) is 0 Å². The third-order valence-electron chi connectivity index (χ3n) is 3.23. The van der Waals surface area contributed by atoms with Gasteiger partial charge >= 0.3 is 0 Å². The van der Waals surface area contributed by atoms with Crippen molar-refractivity contribution >= 4 is 0 Å². The lowest BCUT2D eigenvalue weighted by Crippen LogP contribution is -2.16. The first-order valence-corrected chi connectivity index (χ1v) is 5.79. The third-order valence-corrected chi connectivity index (χ3v) is 3.23. The predicted octanol–water partition coefficient (Wildman–Crippen LogP) is 2.38. The lowest BCUT2D eigenvalue weighted by Gasteiger charge is -2.17. The van der Waals surface area contributed by atoms with Crippen molar-refractivity contribution in [1.82, 2.24) is 5.16 Å². The number of nitrogens with zero attached hydrogens (tertiary/aromatic N) is 1. The summed E-state index contributed by atoms with van der Waals surface area (Å²) < 4.78 is 5.35. The minimum absolute atomic E-state index is 0.00815. The molecule has 1 aromatic heterocycles. The summed E-state index contributed by atoms with van der Waals surface area (Å²) >= 11 is 0. The van der Waals surface area contributed by atoms with E-state index in [0.717, 1.165) is 41.8 Å². The molecule has 3 N–H and O–H groups in total. The summed E-state index contributed by atoms with van der Waals surface area (Å²) in [6.45, 7) is 0. The summed E-state index contributed by atoms with van der Waals surface area (Å²) in [4.78, 5) is 0. The van der Waals surface area contributed by atoms with Gasteiger partial charge in [-0.05, 0) is 37.1 Å². The Morgan fingerprint density at radius 3 is 2.82 bits per heavy atom. The third kappa shape index (κ3) is 1.70. The Balaban J connectivity index is 2.09. The Morgan fingerprint density at radius 1 is 1.29 bits per heavy atom. The number of benzene rings is 1. The van der Waals surface area contributed by atoms with Crippen LogP contribution in [0, 0.1) is 0 Å². The van der Waals surface area contributed by atoms with Crippen LogP contribution >= 0.6 is 0 Å². The summed E-state index contributed by atoms with van der Waals surface area (Å²) in [7, 11) is 0. The molecule has 0 aliphatic heterocycles. The molecule has 1 unspecified atom stereocenters. The average Bonchev–Trinajstić information content (AvgIpc) is 2.75. The topological polar surface area (TPSA) is 72.3 Å². The van der Waals surface area contributed by atoms with E-state index in [4.69, 9.17) is 10.3 Å². The number of hydrogen-bond acceptors (Lipinski definition) is 4. The summed E-state index contributed by atoms with van der Waals surface area (Å²) in [5.74, 6) is 1.15. The standard InChI is InChI=1S/C13H14N2O2/c14-10-2-1-3-11-12(10)13(15-17-11)8-4-6-9(16)7-5-8/h4-7,10,16H,1-3,14H2. The highest BCUT2D eigenvalue weighted by atomic mass is 16.5. The van der Waals surface area contributed by atoms with Gasteiger partial charge in [0.05, 0.1) is 0 Å². The van der Waals surface area contributed by atoms with E-state index in [0.29, 0.717) is 0 Å². The van der Waals surface area contributed by atoms with Gasteiger partial charge < -0.3 is 15.4 Å². The van der Waals surface area contributed by atoms with Crippen molar-refractivity contribution in [3.63, 3.8) is 0 Å². The van der Waals surface area contributed by atoms with Crippen molar-refractivity contribution in [2.24, 2.45) is 5.73 Å². The Morgan fingerprint density at radius 2 is 2.06 bits per heavy atom. The monoisotopic (exact) mass is 230 g/mol. The number of aromatic hydroxyl groups is 1. The maximum Gasteiger partial charge on any atom is 0.142 e. The van der Waals surface area contributed by atoms with Crippen LogP contribution in [0.25, 0.3) is 11.3 Å². The zero-order valence-electron chi connectivity index (χ0n) is 9.39. The molecule has 0 saturated carbocycles. The number of hydrogen-bond donors (Lipinski definition) is 2. The van der Waals surface area contributed by atoms with Crippen LogP contribution in [0.3, 0.4) is 0 Å². The zero-order valence-corrected chi connectivity index (χ0v) is 9.39. The first-order valence-electron chi connectivity index (χ1n) is 5.79. The Labute approximate surface area is 99.0 Å². The Kier molecular flexibility index (Phi) is 2.37. The van der Waals surface area contributed by atoms with Crippen LogP contribution in [-0.2, 0) is 6.42 Å². The molecule has 17 heavy (non-hydrogen) atoms. The van der Waals surface area contributed by atoms with E-state index < -0.39 is 0 Å². The molecule has 0 fully saturated rings. The van der Waals surface area contributed by atoms with Crippen LogP contribution in [0.2, 0.25) is 0 Å². The Hall–Kier alpha value is -1.81. The molecule has 0 spiro atoms. The molecule has 1 heterocycles. The molecule has 0 saturated heterocycles. The molecule has 1 atom stereocenters. The van der Waals surface area contributed by atoms with Crippen LogP contribution in [0.1, 0.15) is 30.2 Å². The van der Waals surface area contributed by atoms with Crippen molar-refractivity contribution < 1.29 is 9.63 Å². The number of fused-ring (bicyclic) bond motifs is 1. The summed E-state index contributed by atoms with van der Waals surface area (Å²) in [5, 5.41) is 13.4. The molecule has 4 nitrogen and oxygen atoms in total.